The van der Waals surface area contributed by atoms with Gasteiger partial charge in [0.25, 0.3) is 0 Å². The van der Waals surface area contributed by atoms with E-state index in [4.69, 9.17) is 10.7 Å². The van der Waals surface area contributed by atoms with E-state index in [0.717, 1.165) is 49.4 Å². The Bertz CT molecular complexity index is 553. The molecule has 0 radical (unpaired) electrons. The summed E-state index contributed by atoms with van der Waals surface area (Å²) in [5, 5.41) is 0. The van der Waals surface area contributed by atoms with Crippen LogP contribution in [-0.4, -0.2) is 55.6 Å². The molecule has 2 aliphatic rings. The number of nitrogens with zero attached hydrogens (tertiary/aromatic N) is 4. The molecule has 0 atom stereocenters. The van der Waals surface area contributed by atoms with Gasteiger partial charge < -0.3 is 20.4 Å². The highest BCUT2D eigenvalue weighted by Gasteiger charge is 2.24. The summed E-state index contributed by atoms with van der Waals surface area (Å²) in [6.07, 6.45) is 2.36. The molecule has 0 aliphatic carbocycles. The molecule has 6 heteroatoms. The molecular weight excluding hydrogens is 278 g/mol. The number of piperazine rings is 1. The number of carbonyl (C=O) groups excluding carboxylic acids is 1. The van der Waals surface area contributed by atoms with Gasteiger partial charge in [-0.25, -0.2) is 4.98 Å². The molecule has 0 spiro atoms. The fraction of sp³-hybridized carbons (Fsp3) is 0.625. The van der Waals surface area contributed by atoms with E-state index in [1.807, 2.05) is 24.1 Å². The number of nitrogen functional groups attached to an aromatic ring is 1. The van der Waals surface area contributed by atoms with Crippen LogP contribution in [0.25, 0.3) is 0 Å². The van der Waals surface area contributed by atoms with E-state index in [1.165, 1.54) is 12.8 Å². The van der Waals surface area contributed by atoms with Gasteiger partial charge in [0.15, 0.2) is 5.82 Å². The van der Waals surface area contributed by atoms with Crippen molar-refractivity contribution in [3.8, 4) is 0 Å². The van der Waals surface area contributed by atoms with Crippen LogP contribution in [0.1, 0.15) is 19.8 Å². The molecule has 3 rings (SSSR count). The quantitative estimate of drug-likeness (QED) is 0.888. The molecule has 0 bridgehead atoms. The number of pyridine rings is 1. The molecule has 1 aromatic rings. The maximum absolute atomic E-state index is 11.9. The van der Waals surface area contributed by atoms with Crippen LogP contribution in [0.4, 0.5) is 17.3 Å². The number of amides is 1. The molecule has 1 aromatic heterocycles. The van der Waals surface area contributed by atoms with E-state index in [9.17, 15) is 4.79 Å². The van der Waals surface area contributed by atoms with Crippen molar-refractivity contribution in [1.29, 1.82) is 0 Å². The van der Waals surface area contributed by atoms with Crippen LogP contribution in [0.5, 0.6) is 0 Å². The Balaban J connectivity index is 1.79. The monoisotopic (exact) mass is 303 g/mol. The first-order valence-electron chi connectivity index (χ1n) is 8.05. The average molecular weight is 303 g/mol. The number of nitrogens with two attached hydrogens (primary N) is 1. The fourth-order valence-corrected chi connectivity index (χ4v) is 3.05. The number of piperidine rings is 1. The van der Waals surface area contributed by atoms with E-state index in [1.54, 1.807) is 4.90 Å². The number of carbonyl (C=O) groups is 1. The number of aromatic nitrogens is 1. The van der Waals surface area contributed by atoms with E-state index >= 15 is 0 Å². The number of rotatable bonds is 2. The van der Waals surface area contributed by atoms with Crippen molar-refractivity contribution >= 4 is 23.2 Å². The molecule has 2 aliphatic heterocycles. The molecule has 2 saturated heterocycles. The van der Waals surface area contributed by atoms with Gasteiger partial charge >= 0.3 is 0 Å². The smallest absolute Gasteiger partial charge is 0.241 e. The maximum atomic E-state index is 11.9. The van der Waals surface area contributed by atoms with Crippen molar-refractivity contribution < 1.29 is 4.79 Å². The van der Waals surface area contributed by atoms with Gasteiger partial charge in [-0.3, -0.25) is 4.79 Å². The van der Waals surface area contributed by atoms with Crippen molar-refractivity contribution in [3.05, 3.63) is 12.1 Å². The van der Waals surface area contributed by atoms with Crippen molar-refractivity contribution in [2.75, 3.05) is 55.3 Å². The van der Waals surface area contributed by atoms with E-state index < -0.39 is 0 Å². The first-order chi connectivity index (χ1) is 10.5. The molecule has 1 amide bonds. The standard InChI is InChI=1S/C16H25N5O/c1-12-5-7-20(8-6-12)16-13(17)3-4-14(18-16)21-10-9-19(2)15(22)11-21/h3-4,12H,5-11,17H2,1-2H3. The molecule has 2 N–H and O–H groups in total. The average Bonchev–Trinajstić information content (AvgIpc) is 2.52. The topological polar surface area (TPSA) is 65.7 Å². The summed E-state index contributed by atoms with van der Waals surface area (Å²) in [5.74, 6) is 2.63. The number of hydrogen-bond donors (Lipinski definition) is 1. The lowest BCUT2D eigenvalue weighted by Gasteiger charge is -2.35. The number of likely N-dealkylation sites (N-methyl/N-ethyl adjacent to an activating group) is 1. The Labute approximate surface area is 131 Å². The molecule has 3 heterocycles. The van der Waals surface area contributed by atoms with Crippen LogP contribution in [0.15, 0.2) is 12.1 Å². The number of hydrogen-bond acceptors (Lipinski definition) is 5. The summed E-state index contributed by atoms with van der Waals surface area (Å²) in [5.41, 5.74) is 6.86. The fourth-order valence-electron chi connectivity index (χ4n) is 3.05. The minimum absolute atomic E-state index is 0.137. The van der Waals surface area contributed by atoms with Crippen molar-refractivity contribution in [2.24, 2.45) is 5.92 Å². The maximum Gasteiger partial charge on any atom is 0.241 e. The predicted molar refractivity (Wildman–Crippen MR) is 89.1 cm³/mol. The Morgan fingerprint density at radius 3 is 2.55 bits per heavy atom. The molecular formula is C16H25N5O. The zero-order valence-electron chi connectivity index (χ0n) is 13.5. The normalized spacial score (nSPS) is 20.6. The van der Waals surface area contributed by atoms with Crippen LogP contribution in [0.2, 0.25) is 0 Å². The third-order valence-electron chi connectivity index (χ3n) is 4.75. The lowest BCUT2D eigenvalue weighted by Crippen LogP contribution is -2.49. The summed E-state index contributed by atoms with van der Waals surface area (Å²) in [7, 11) is 1.84. The van der Waals surface area contributed by atoms with Crippen LogP contribution in [0.3, 0.4) is 0 Å². The minimum atomic E-state index is 0.137. The van der Waals surface area contributed by atoms with Crippen molar-refractivity contribution in [2.45, 2.75) is 19.8 Å². The Hall–Kier alpha value is -1.98. The second-order valence-corrected chi connectivity index (χ2v) is 6.49. The van der Waals surface area contributed by atoms with Crippen LogP contribution in [0, 0.1) is 5.92 Å². The minimum Gasteiger partial charge on any atom is -0.396 e. The summed E-state index contributed by atoms with van der Waals surface area (Å²) in [4.78, 5) is 22.7. The lowest BCUT2D eigenvalue weighted by molar-refractivity contribution is -0.129. The Morgan fingerprint density at radius 1 is 1.14 bits per heavy atom. The molecule has 0 unspecified atom stereocenters. The highest BCUT2D eigenvalue weighted by Crippen LogP contribution is 2.28. The highest BCUT2D eigenvalue weighted by atomic mass is 16.2. The van der Waals surface area contributed by atoms with Crippen LogP contribution in [-0.2, 0) is 4.79 Å². The van der Waals surface area contributed by atoms with E-state index in [0.29, 0.717) is 6.54 Å². The van der Waals surface area contributed by atoms with Gasteiger partial charge in [0.05, 0.1) is 12.2 Å². The van der Waals surface area contributed by atoms with Gasteiger partial charge in [-0.1, -0.05) is 6.92 Å². The molecule has 120 valence electrons. The predicted octanol–water partition coefficient (Wildman–Crippen LogP) is 1.18. The molecule has 6 nitrogen and oxygen atoms in total. The van der Waals surface area contributed by atoms with Crippen LogP contribution >= 0.6 is 0 Å². The third-order valence-corrected chi connectivity index (χ3v) is 4.75. The molecule has 2 fully saturated rings. The highest BCUT2D eigenvalue weighted by molar-refractivity contribution is 5.82. The zero-order valence-corrected chi connectivity index (χ0v) is 13.5. The number of anilines is 3. The Kier molecular flexibility index (Phi) is 4.09. The van der Waals surface area contributed by atoms with Crippen molar-refractivity contribution in [3.63, 3.8) is 0 Å². The third kappa shape index (κ3) is 2.96. The van der Waals surface area contributed by atoms with Gasteiger partial charge in [0, 0.05) is 33.2 Å². The van der Waals surface area contributed by atoms with Crippen LogP contribution < -0.4 is 15.5 Å². The first-order valence-corrected chi connectivity index (χ1v) is 8.05. The summed E-state index contributed by atoms with van der Waals surface area (Å²) in [6, 6.07) is 3.84. The van der Waals surface area contributed by atoms with Gasteiger partial charge in [0.2, 0.25) is 5.91 Å². The summed E-state index contributed by atoms with van der Waals surface area (Å²) < 4.78 is 0. The zero-order chi connectivity index (χ0) is 15.7. The molecule has 0 aromatic carbocycles. The first kappa shape index (κ1) is 14.9. The Morgan fingerprint density at radius 2 is 1.86 bits per heavy atom. The summed E-state index contributed by atoms with van der Waals surface area (Å²) in [6.45, 7) is 6.24. The largest absolute Gasteiger partial charge is 0.396 e. The van der Waals surface area contributed by atoms with E-state index in [2.05, 4.69) is 11.8 Å². The van der Waals surface area contributed by atoms with Gasteiger partial charge in [0.1, 0.15) is 5.82 Å². The summed E-state index contributed by atoms with van der Waals surface area (Å²) >= 11 is 0. The second-order valence-electron chi connectivity index (χ2n) is 6.49. The van der Waals surface area contributed by atoms with Gasteiger partial charge in [-0.05, 0) is 30.9 Å². The lowest BCUT2D eigenvalue weighted by atomic mass is 9.99. The van der Waals surface area contributed by atoms with Gasteiger partial charge in [-0.2, -0.15) is 0 Å². The molecule has 0 saturated carbocycles. The van der Waals surface area contributed by atoms with E-state index in [-0.39, 0.29) is 5.91 Å². The second kappa shape index (κ2) is 6.02. The van der Waals surface area contributed by atoms with Gasteiger partial charge in [-0.15, -0.1) is 0 Å². The SMILES string of the molecule is CC1CCN(c2nc(N3CCN(C)C(=O)C3)ccc2N)CC1. The molecule has 22 heavy (non-hydrogen) atoms. The van der Waals surface area contributed by atoms with Crippen molar-refractivity contribution in [1.82, 2.24) is 9.88 Å².